The predicted molar refractivity (Wildman–Crippen MR) is 121 cm³/mol. The van der Waals surface area contributed by atoms with Crippen molar-refractivity contribution in [2.24, 2.45) is 0 Å². The molecule has 1 aromatic heterocycles. The average molecular weight is 494 g/mol. The largest absolute Gasteiger partial charge is 0.412 e. The minimum atomic E-state index is -4.52. The van der Waals surface area contributed by atoms with Crippen molar-refractivity contribution in [2.45, 2.75) is 20.0 Å². The quantitative estimate of drug-likeness (QED) is 0.233. The summed E-state index contributed by atoms with van der Waals surface area (Å²) in [4.78, 5) is 20.9. The molecule has 0 aliphatic heterocycles. The molecule has 0 spiro atoms. The van der Waals surface area contributed by atoms with Crippen LogP contribution in [0.4, 0.5) is 27.6 Å². The first-order valence-corrected chi connectivity index (χ1v) is 10.1. The molecular formula is C24H17ClF5N3O. The minimum Gasteiger partial charge on any atom is -0.322 e. The molecule has 0 aliphatic rings. The highest BCUT2D eigenvalue weighted by atomic mass is 35.5. The molecule has 0 saturated carbocycles. The Morgan fingerprint density at radius 1 is 1.12 bits per heavy atom. The van der Waals surface area contributed by atoms with Crippen molar-refractivity contribution in [2.75, 3.05) is 5.32 Å². The van der Waals surface area contributed by atoms with Crippen LogP contribution in [0, 0.1) is 11.6 Å². The highest BCUT2D eigenvalue weighted by Crippen LogP contribution is 2.31. The number of aromatic nitrogens is 2. The van der Waals surface area contributed by atoms with Crippen molar-refractivity contribution in [1.29, 1.82) is 0 Å². The summed E-state index contributed by atoms with van der Waals surface area (Å²) < 4.78 is 65.7. The first kappa shape index (κ1) is 25.0. The van der Waals surface area contributed by atoms with Gasteiger partial charge in [-0.15, -0.1) is 0 Å². The number of fused-ring (bicyclic) bond motifs is 1. The first-order valence-electron chi connectivity index (χ1n) is 9.71. The van der Waals surface area contributed by atoms with Crippen LogP contribution >= 0.6 is 11.6 Å². The lowest BCUT2D eigenvalue weighted by Gasteiger charge is -2.12. The van der Waals surface area contributed by atoms with Gasteiger partial charge in [0.2, 0.25) is 0 Å². The molecule has 2 aromatic carbocycles. The summed E-state index contributed by atoms with van der Waals surface area (Å²) in [5.74, 6) is -2.38. The number of alkyl halides is 3. The van der Waals surface area contributed by atoms with Gasteiger partial charge in [-0.3, -0.25) is 4.79 Å². The summed E-state index contributed by atoms with van der Waals surface area (Å²) >= 11 is 6.25. The highest BCUT2D eigenvalue weighted by molar-refractivity contribution is 6.33. The second-order valence-corrected chi connectivity index (χ2v) is 7.77. The number of halogens is 6. The smallest absolute Gasteiger partial charge is 0.322 e. The van der Waals surface area contributed by atoms with Crippen molar-refractivity contribution in [3.8, 4) is 11.3 Å². The van der Waals surface area contributed by atoms with E-state index in [1.165, 1.54) is 31.3 Å². The first-order chi connectivity index (χ1) is 15.9. The minimum absolute atomic E-state index is 0.0279. The zero-order valence-electron chi connectivity index (χ0n) is 17.9. The third-order valence-electron chi connectivity index (χ3n) is 4.72. The molecule has 1 N–H and O–H groups in total. The number of hydrogen-bond acceptors (Lipinski definition) is 3. The molecule has 3 rings (SSSR count). The molecule has 1 amide bonds. The molecule has 0 fully saturated rings. The normalized spacial score (nSPS) is 12.7. The maximum atomic E-state index is 13.9. The van der Waals surface area contributed by atoms with Crippen molar-refractivity contribution < 1.29 is 26.7 Å². The molecule has 3 aromatic rings. The van der Waals surface area contributed by atoms with Crippen LogP contribution in [0.25, 0.3) is 22.3 Å². The van der Waals surface area contributed by atoms with E-state index >= 15 is 0 Å². The van der Waals surface area contributed by atoms with Gasteiger partial charge in [0.05, 0.1) is 22.4 Å². The zero-order chi connectivity index (χ0) is 25.2. The van der Waals surface area contributed by atoms with Gasteiger partial charge in [-0.05, 0) is 43.7 Å². The molecule has 4 nitrogen and oxygen atoms in total. The van der Waals surface area contributed by atoms with Gasteiger partial charge in [0, 0.05) is 34.5 Å². The molecule has 34 heavy (non-hydrogen) atoms. The average Bonchev–Trinajstić information content (AvgIpc) is 2.73. The second-order valence-electron chi connectivity index (χ2n) is 7.37. The fourth-order valence-electron chi connectivity index (χ4n) is 2.89. The predicted octanol–water partition coefficient (Wildman–Crippen LogP) is 7.18. The van der Waals surface area contributed by atoms with Gasteiger partial charge in [0.15, 0.2) is 5.82 Å². The summed E-state index contributed by atoms with van der Waals surface area (Å²) in [5, 5.41) is 2.80. The number of benzene rings is 2. The van der Waals surface area contributed by atoms with E-state index in [0.717, 1.165) is 25.1 Å². The van der Waals surface area contributed by atoms with E-state index in [0.29, 0.717) is 11.6 Å². The maximum absolute atomic E-state index is 13.9. The Balaban J connectivity index is 1.95. The monoisotopic (exact) mass is 493 g/mol. The molecule has 1 heterocycles. The van der Waals surface area contributed by atoms with Gasteiger partial charge in [-0.1, -0.05) is 24.3 Å². The van der Waals surface area contributed by atoms with Crippen LogP contribution in [-0.2, 0) is 4.79 Å². The Kier molecular flexibility index (Phi) is 7.16. The van der Waals surface area contributed by atoms with E-state index in [1.54, 1.807) is 0 Å². The number of allylic oxidation sites excluding steroid dienone is 3. The van der Waals surface area contributed by atoms with Crippen LogP contribution in [0.15, 0.2) is 72.0 Å². The maximum Gasteiger partial charge on any atom is 0.412 e. The van der Waals surface area contributed by atoms with Gasteiger partial charge in [0.25, 0.3) is 5.91 Å². The molecule has 0 unspecified atom stereocenters. The topological polar surface area (TPSA) is 54.9 Å². The number of amides is 1. The Morgan fingerprint density at radius 2 is 1.82 bits per heavy atom. The molecule has 0 saturated heterocycles. The van der Waals surface area contributed by atoms with Gasteiger partial charge in [-0.2, -0.15) is 13.2 Å². The third-order valence-corrected chi connectivity index (χ3v) is 5.05. The Hall–Kier alpha value is -3.59. The summed E-state index contributed by atoms with van der Waals surface area (Å²) in [6.45, 7) is 6.01. The second kappa shape index (κ2) is 9.72. The van der Waals surface area contributed by atoms with E-state index in [9.17, 15) is 26.7 Å². The SMILES string of the molecule is C=C(C)/C(=C\C=C(/C)C(F)(F)F)C(=O)Nc1ccc(Cl)c(-c2cnc3c(F)cc(F)cc3n2)c1. The highest BCUT2D eigenvalue weighted by Gasteiger charge is 2.29. The Morgan fingerprint density at radius 3 is 2.47 bits per heavy atom. The molecule has 10 heteroatoms. The number of nitrogens with zero attached hydrogens (tertiary/aromatic N) is 2. The van der Waals surface area contributed by atoms with Crippen LogP contribution in [0.3, 0.4) is 0 Å². The van der Waals surface area contributed by atoms with Crippen LogP contribution in [0.5, 0.6) is 0 Å². The fraction of sp³-hybridized carbons (Fsp3) is 0.125. The van der Waals surface area contributed by atoms with Gasteiger partial charge in [-0.25, -0.2) is 18.7 Å². The van der Waals surface area contributed by atoms with Crippen molar-refractivity contribution in [1.82, 2.24) is 9.97 Å². The van der Waals surface area contributed by atoms with Crippen LogP contribution in [0.1, 0.15) is 13.8 Å². The fourth-order valence-corrected chi connectivity index (χ4v) is 3.11. The molecule has 0 aliphatic carbocycles. The lowest BCUT2D eigenvalue weighted by Crippen LogP contribution is -2.15. The Labute approximate surface area is 196 Å². The summed E-state index contributed by atoms with van der Waals surface area (Å²) in [6.07, 6.45) is -1.44. The summed E-state index contributed by atoms with van der Waals surface area (Å²) in [7, 11) is 0. The number of rotatable bonds is 5. The van der Waals surface area contributed by atoms with E-state index in [-0.39, 0.29) is 38.6 Å². The number of carbonyl (C=O) groups is 1. The molecule has 0 radical (unpaired) electrons. The van der Waals surface area contributed by atoms with Crippen LogP contribution < -0.4 is 5.32 Å². The number of anilines is 1. The van der Waals surface area contributed by atoms with E-state index in [2.05, 4.69) is 21.9 Å². The lowest BCUT2D eigenvalue weighted by molar-refractivity contribution is -0.112. The van der Waals surface area contributed by atoms with Crippen molar-refractivity contribution >= 4 is 34.2 Å². The number of nitrogens with one attached hydrogen (secondary N) is 1. The van der Waals surface area contributed by atoms with Gasteiger partial charge in [0.1, 0.15) is 11.3 Å². The molecular weight excluding hydrogens is 477 g/mol. The van der Waals surface area contributed by atoms with Crippen LogP contribution in [0.2, 0.25) is 5.02 Å². The van der Waals surface area contributed by atoms with E-state index < -0.39 is 29.3 Å². The van der Waals surface area contributed by atoms with Gasteiger partial charge >= 0.3 is 6.18 Å². The van der Waals surface area contributed by atoms with E-state index in [4.69, 9.17) is 11.6 Å². The third kappa shape index (κ3) is 5.66. The number of hydrogen-bond donors (Lipinski definition) is 1. The zero-order valence-corrected chi connectivity index (χ0v) is 18.7. The van der Waals surface area contributed by atoms with Crippen molar-refractivity contribution in [3.63, 3.8) is 0 Å². The molecule has 0 atom stereocenters. The summed E-state index contributed by atoms with van der Waals surface area (Å²) in [6, 6.07) is 6.11. The van der Waals surface area contributed by atoms with Crippen LogP contribution in [-0.4, -0.2) is 22.1 Å². The van der Waals surface area contributed by atoms with Gasteiger partial charge < -0.3 is 5.32 Å². The molecule has 0 bridgehead atoms. The summed E-state index contributed by atoms with van der Waals surface area (Å²) in [5.41, 5.74) is -0.0796. The standard InChI is InChI=1S/C24H17ClF5N3O/c1-12(2)16(6-4-13(3)24(28,29)30)23(34)32-15-5-7-18(25)17(10-15)21-11-31-22-19(27)8-14(26)9-20(22)33-21/h4-11H,1H2,2-3H3,(H,32,34)/b13-4+,16-6+. The number of carbonyl (C=O) groups excluding carboxylic acids is 1. The van der Waals surface area contributed by atoms with Crippen molar-refractivity contribution in [3.05, 3.63) is 88.6 Å². The molecule has 176 valence electrons. The van der Waals surface area contributed by atoms with E-state index in [1.807, 2.05) is 0 Å². The lowest BCUT2D eigenvalue weighted by atomic mass is 10.1. The Bertz CT molecular complexity index is 1360.